The Balaban J connectivity index is 1.16. The fourth-order valence-electron chi connectivity index (χ4n) is 7.70. The van der Waals surface area contributed by atoms with Crippen LogP contribution in [-0.4, -0.2) is 0 Å². The number of benzene rings is 3. The van der Waals surface area contributed by atoms with Crippen molar-refractivity contribution in [1.82, 2.24) is 0 Å². The molecule has 3 aromatic carbocycles. The summed E-state index contributed by atoms with van der Waals surface area (Å²) < 4.78 is 0. The van der Waals surface area contributed by atoms with E-state index in [1.807, 2.05) is 0 Å². The predicted octanol–water partition coefficient (Wildman–Crippen LogP) is 9.11. The van der Waals surface area contributed by atoms with Gasteiger partial charge in [-0.1, -0.05) is 68.4 Å². The Morgan fingerprint density at radius 3 is 2.31 bits per heavy atom. The molecule has 2 unspecified atom stereocenters. The van der Waals surface area contributed by atoms with E-state index >= 15 is 0 Å². The zero-order valence-electron chi connectivity index (χ0n) is 22.8. The molecule has 0 radical (unpaired) electrons. The summed E-state index contributed by atoms with van der Waals surface area (Å²) >= 11 is 0. The van der Waals surface area contributed by atoms with Crippen molar-refractivity contribution in [1.29, 1.82) is 0 Å². The molecular formula is C36H44. The highest BCUT2D eigenvalue weighted by Crippen LogP contribution is 2.43. The first kappa shape index (κ1) is 24.0. The van der Waals surface area contributed by atoms with E-state index in [1.165, 1.54) is 92.9 Å². The molecule has 1 fully saturated rings. The Morgan fingerprint density at radius 2 is 1.47 bits per heavy atom. The lowest BCUT2D eigenvalue weighted by molar-refractivity contribution is 0.360. The van der Waals surface area contributed by atoms with Gasteiger partial charge in [-0.05, 0) is 151 Å². The normalized spacial score (nSPS) is 22.4. The van der Waals surface area contributed by atoms with Crippen molar-refractivity contribution in [3.05, 3.63) is 105 Å². The Morgan fingerprint density at radius 1 is 0.722 bits per heavy atom. The van der Waals surface area contributed by atoms with E-state index in [1.54, 1.807) is 27.8 Å². The highest BCUT2D eigenvalue weighted by Gasteiger charge is 2.31. The molecule has 0 spiro atoms. The van der Waals surface area contributed by atoms with Crippen molar-refractivity contribution >= 4 is 0 Å². The number of fused-ring (bicyclic) bond motifs is 2. The number of aryl methyl sites for hydroxylation is 4. The van der Waals surface area contributed by atoms with Crippen LogP contribution in [0.4, 0.5) is 0 Å². The minimum absolute atomic E-state index is 0.548. The van der Waals surface area contributed by atoms with Crippen molar-refractivity contribution in [2.45, 2.75) is 104 Å². The lowest BCUT2D eigenvalue weighted by atomic mass is 9.78. The van der Waals surface area contributed by atoms with Gasteiger partial charge in [0, 0.05) is 0 Å². The molecule has 0 N–H and O–H groups in total. The molecule has 188 valence electrons. The molecule has 3 aromatic rings. The van der Waals surface area contributed by atoms with Crippen LogP contribution in [0.15, 0.2) is 54.6 Å². The van der Waals surface area contributed by atoms with Gasteiger partial charge in [-0.2, -0.15) is 0 Å². The van der Waals surface area contributed by atoms with E-state index in [0.717, 1.165) is 12.3 Å². The van der Waals surface area contributed by atoms with Crippen molar-refractivity contribution < 1.29 is 0 Å². The summed E-state index contributed by atoms with van der Waals surface area (Å²) in [6, 6.07) is 22.1. The van der Waals surface area contributed by atoms with Crippen LogP contribution < -0.4 is 0 Å². The standard InChI is InChI=1S/C36H44/c1-25-18-26(12-15-32(25)20-28-10-13-30-6-4-8-33(30)21-28)22-34-9-5-7-31-14-11-27(23-35(31)34)19-29-16-17-36(2,3)24-29/h10-15,18,21,23,29,34H,4-9,16-17,19-20,22,24H2,1-3H3. The van der Waals surface area contributed by atoms with E-state index in [2.05, 4.69) is 75.4 Å². The highest BCUT2D eigenvalue weighted by molar-refractivity contribution is 5.42. The molecule has 0 amide bonds. The maximum absolute atomic E-state index is 2.61. The zero-order valence-corrected chi connectivity index (χ0v) is 22.8. The fourth-order valence-corrected chi connectivity index (χ4v) is 7.70. The number of hydrogen-bond acceptors (Lipinski definition) is 0. The van der Waals surface area contributed by atoms with Crippen LogP contribution in [0.1, 0.15) is 108 Å². The number of hydrogen-bond donors (Lipinski definition) is 0. The fraction of sp³-hybridized carbons (Fsp3) is 0.500. The quantitative estimate of drug-likeness (QED) is 0.333. The van der Waals surface area contributed by atoms with E-state index in [-0.39, 0.29) is 0 Å². The van der Waals surface area contributed by atoms with Gasteiger partial charge in [0.2, 0.25) is 0 Å². The SMILES string of the molecule is Cc1cc(CC2CCCc3ccc(CC4CCC(C)(C)C4)cc32)ccc1Cc1ccc2c(c1)CCC2. The summed E-state index contributed by atoms with van der Waals surface area (Å²) in [7, 11) is 0. The molecule has 1 saturated carbocycles. The average Bonchev–Trinajstić information content (AvgIpc) is 3.46. The van der Waals surface area contributed by atoms with Gasteiger partial charge in [-0.3, -0.25) is 0 Å². The lowest BCUT2D eigenvalue weighted by Gasteiger charge is -2.27. The summed E-state index contributed by atoms with van der Waals surface area (Å²) in [6.07, 6.45) is 15.5. The Bertz CT molecular complexity index is 1240. The van der Waals surface area contributed by atoms with Crippen LogP contribution in [0.3, 0.4) is 0 Å². The second kappa shape index (κ2) is 9.85. The third-order valence-electron chi connectivity index (χ3n) is 9.69. The topological polar surface area (TPSA) is 0 Å². The molecule has 3 aliphatic rings. The van der Waals surface area contributed by atoms with Gasteiger partial charge in [0.05, 0.1) is 0 Å². The van der Waals surface area contributed by atoms with Gasteiger partial charge in [0.25, 0.3) is 0 Å². The average molecular weight is 477 g/mol. The minimum atomic E-state index is 0.548. The van der Waals surface area contributed by atoms with Crippen LogP contribution in [0.2, 0.25) is 0 Å². The third kappa shape index (κ3) is 5.20. The molecule has 6 rings (SSSR count). The van der Waals surface area contributed by atoms with E-state index in [9.17, 15) is 0 Å². The maximum Gasteiger partial charge on any atom is -0.00230 e. The monoisotopic (exact) mass is 476 g/mol. The van der Waals surface area contributed by atoms with Gasteiger partial charge in [-0.15, -0.1) is 0 Å². The smallest absolute Gasteiger partial charge is 0.00230 e. The maximum atomic E-state index is 2.61. The zero-order chi connectivity index (χ0) is 24.7. The molecule has 0 heterocycles. The first-order chi connectivity index (χ1) is 17.4. The van der Waals surface area contributed by atoms with E-state index in [0.29, 0.717) is 11.3 Å². The summed E-state index contributed by atoms with van der Waals surface area (Å²) in [4.78, 5) is 0. The Kier molecular flexibility index (Phi) is 6.57. The first-order valence-electron chi connectivity index (χ1n) is 14.7. The van der Waals surface area contributed by atoms with Gasteiger partial charge < -0.3 is 0 Å². The summed E-state index contributed by atoms with van der Waals surface area (Å²) in [6.45, 7) is 7.23. The van der Waals surface area contributed by atoms with Crippen molar-refractivity contribution in [2.24, 2.45) is 11.3 Å². The van der Waals surface area contributed by atoms with Crippen LogP contribution in [-0.2, 0) is 38.5 Å². The van der Waals surface area contributed by atoms with Crippen molar-refractivity contribution in [2.75, 3.05) is 0 Å². The summed E-state index contributed by atoms with van der Waals surface area (Å²) in [5.41, 5.74) is 14.5. The largest absolute Gasteiger partial charge is 0.0599 e. The van der Waals surface area contributed by atoms with E-state index in [4.69, 9.17) is 0 Å². The van der Waals surface area contributed by atoms with Crippen molar-refractivity contribution in [3.8, 4) is 0 Å². The molecule has 0 nitrogen and oxygen atoms in total. The van der Waals surface area contributed by atoms with E-state index < -0.39 is 0 Å². The summed E-state index contributed by atoms with van der Waals surface area (Å²) in [5.74, 6) is 1.55. The van der Waals surface area contributed by atoms with Gasteiger partial charge in [-0.25, -0.2) is 0 Å². The molecule has 0 aromatic heterocycles. The number of rotatable bonds is 6. The predicted molar refractivity (Wildman–Crippen MR) is 153 cm³/mol. The third-order valence-corrected chi connectivity index (χ3v) is 9.69. The molecule has 0 heteroatoms. The second-order valence-electron chi connectivity index (χ2n) is 13.2. The molecule has 36 heavy (non-hydrogen) atoms. The molecule has 0 aliphatic heterocycles. The second-order valence-corrected chi connectivity index (χ2v) is 13.2. The minimum Gasteiger partial charge on any atom is -0.0599 e. The van der Waals surface area contributed by atoms with Crippen LogP contribution in [0.5, 0.6) is 0 Å². The lowest BCUT2D eigenvalue weighted by Crippen LogP contribution is -2.14. The first-order valence-corrected chi connectivity index (χ1v) is 14.7. The van der Waals surface area contributed by atoms with Crippen LogP contribution >= 0.6 is 0 Å². The molecule has 3 aliphatic carbocycles. The highest BCUT2D eigenvalue weighted by atomic mass is 14.4. The van der Waals surface area contributed by atoms with Crippen molar-refractivity contribution in [3.63, 3.8) is 0 Å². The Hall–Kier alpha value is -2.34. The van der Waals surface area contributed by atoms with Gasteiger partial charge in [0.1, 0.15) is 0 Å². The molecule has 0 saturated heterocycles. The molecule has 0 bridgehead atoms. The van der Waals surface area contributed by atoms with Gasteiger partial charge >= 0.3 is 0 Å². The Labute approximate surface area is 219 Å². The van der Waals surface area contributed by atoms with Gasteiger partial charge in [0.15, 0.2) is 0 Å². The van der Waals surface area contributed by atoms with Crippen LogP contribution in [0, 0.1) is 18.3 Å². The van der Waals surface area contributed by atoms with Crippen LogP contribution in [0.25, 0.3) is 0 Å². The molecule has 2 atom stereocenters. The molecular weight excluding hydrogens is 432 g/mol. The summed E-state index contributed by atoms with van der Waals surface area (Å²) in [5, 5.41) is 0.